The van der Waals surface area contributed by atoms with Crippen molar-refractivity contribution < 1.29 is 52.5 Å². The molecule has 5 aliphatic carbocycles. The van der Waals surface area contributed by atoms with Gasteiger partial charge >= 0.3 is 18.3 Å². The lowest BCUT2D eigenvalue weighted by molar-refractivity contribution is -0.137. The van der Waals surface area contributed by atoms with E-state index in [2.05, 4.69) is 121 Å². The Balaban J connectivity index is 0.000000164. The first kappa shape index (κ1) is 73.5. The van der Waals surface area contributed by atoms with Crippen molar-refractivity contribution in [2.45, 2.75) is 212 Å². The molecule has 6 amide bonds. The van der Waals surface area contributed by atoms with Crippen LogP contribution < -0.4 is 20.7 Å². The van der Waals surface area contributed by atoms with Crippen LogP contribution in [-0.4, -0.2) is 152 Å². The Kier molecular flexibility index (Phi) is 19.9. The van der Waals surface area contributed by atoms with Crippen LogP contribution in [0.1, 0.15) is 184 Å². The van der Waals surface area contributed by atoms with Crippen molar-refractivity contribution >= 4 is 69.5 Å². The number of nitrogens with zero attached hydrogens (tertiary/aromatic N) is 7. The van der Waals surface area contributed by atoms with E-state index in [0.717, 1.165) is 166 Å². The summed E-state index contributed by atoms with van der Waals surface area (Å²) >= 11 is 0. The van der Waals surface area contributed by atoms with Crippen LogP contribution in [0.15, 0.2) is 124 Å². The number of carbonyl (C=O) groups is 6. The standard InChI is InChI=1S/C47H57N7O7.C41H45N5O4/c1-24(2)41(51-46(57)59-5)44(55)53-16-8-11-38(53)43-48-22-36(50-43)27-12-14-30-29(17-27)23-61-40-21-31-26(18-33(30)40)13-15-34-32(31)20-35(49-34)39-19-28-9-7-10-37(28)54(39)45(56)42(25(3)4)52-47(58)60-6;1-22(2)38(45-41(48)49-3)40(47)46-35-10-6-9-26(35)17-36(46)33-18-30-29-19-37-31(16-24(29)12-14-32(30)43-33)28-13-11-25(15-27(28)21-50-37)34-20-42-39(44-34)23-7-4-5-8-23/h12-15,17-18,21-22,24-26,28,31,37-39,41-42H,7-11,16,19-20,23H2,1-6H3,(H,48,50)(H,51,57)(H,52,58);11-16,19-20,22-23,26,35-36,38H,4-10,17-18,21H2,1-3H3,(H,42,44)(H,45,48)/t26?,28-,31?,37-,38?,39-,41-,42-;26-,35-,36-,38-/m00/s1. The molecule has 23 heteroatoms. The van der Waals surface area contributed by atoms with Crippen molar-refractivity contribution in [3.8, 4) is 39.4 Å². The number of alkyl carbamates (subject to hydrolysis) is 3. The minimum Gasteiger partial charge on any atom is -0.489 e. The van der Waals surface area contributed by atoms with Crippen molar-refractivity contribution in [2.75, 3.05) is 27.9 Å². The van der Waals surface area contributed by atoms with Gasteiger partial charge in [-0.05, 0) is 192 Å². The number of nitrogens with one attached hydrogen (secondary N) is 5. The van der Waals surface area contributed by atoms with Crippen molar-refractivity contribution in [1.82, 2.24) is 50.6 Å². The van der Waals surface area contributed by atoms with Gasteiger partial charge in [-0.25, -0.2) is 24.4 Å². The van der Waals surface area contributed by atoms with Gasteiger partial charge in [-0.3, -0.25) is 24.4 Å². The number of hydrogen-bond acceptors (Lipinski definition) is 15. The van der Waals surface area contributed by atoms with E-state index in [4.69, 9.17) is 43.6 Å². The smallest absolute Gasteiger partial charge is 0.407 e. The van der Waals surface area contributed by atoms with Crippen molar-refractivity contribution in [3.05, 3.63) is 148 Å². The molecular weight excluding hydrogens is 1400 g/mol. The van der Waals surface area contributed by atoms with Crippen molar-refractivity contribution in [1.29, 1.82) is 0 Å². The molecule has 12 aliphatic rings. The van der Waals surface area contributed by atoms with E-state index in [1.165, 1.54) is 69.3 Å². The van der Waals surface area contributed by atoms with E-state index in [1.54, 1.807) is 0 Å². The third-order valence-corrected chi connectivity index (χ3v) is 26.1. The van der Waals surface area contributed by atoms with Gasteiger partial charge in [0.05, 0.1) is 74.6 Å². The number of carbonyl (C=O) groups excluding carboxylic acids is 6. The van der Waals surface area contributed by atoms with E-state index in [9.17, 15) is 28.8 Å². The van der Waals surface area contributed by atoms with Crippen LogP contribution in [0.25, 0.3) is 50.0 Å². The molecule has 5 N–H and O–H groups in total. The highest BCUT2D eigenvalue weighted by Gasteiger charge is 2.53. The van der Waals surface area contributed by atoms with Crippen LogP contribution in [0.5, 0.6) is 5.75 Å². The number of benzene rings is 4. The molecule has 6 aromatic rings. The molecule has 9 heterocycles. The molecule has 3 unspecified atom stereocenters. The molecule has 580 valence electrons. The van der Waals surface area contributed by atoms with Crippen LogP contribution in [-0.2, 0) is 53.0 Å². The van der Waals surface area contributed by atoms with E-state index >= 15 is 0 Å². The summed E-state index contributed by atoms with van der Waals surface area (Å²) in [5.41, 5.74) is 17.4. The Morgan fingerprint density at radius 1 is 0.559 bits per heavy atom. The number of fused-ring (bicyclic) bond motifs is 13. The van der Waals surface area contributed by atoms with E-state index in [1.807, 2.05) is 58.8 Å². The third-order valence-electron chi connectivity index (χ3n) is 26.1. The van der Waals surface area contributed by atoms with Crippen LogP contribution in [0.3, 0.4) is 0 Å². The number of ether oxygens (including phenoxy) is 5. The van der Waals surface area contributed by atoms with Crippen LogP contribution in [0, 0.1) is 41.4 Å². The highest BCUT2D eigenvalue weighted by molar-refractivity contribution is 6.07. The van der Waals surface area contributed by atoms with Crippen molar-refractivity contribution in [3.63, 3.8) is 0 Å². The summed E-state index contributed by atoms with van der Waals surface area (Å²) in [7, 11) is 3.96. The fourth-order valence-electron chi connectivity index (χ4n) is 20.4. The first-order chi connectivity index (χ1) is 53.8. The number of amides is 6. The van der Waals surface area contributed by atoms with Gasteiger partial charge in [-0.15, -0.1) is 0 Å². The molecular formula is C88H102N12O11. The zero-order valence-corrected chi connectivity index (χ0v) is 65.0. The number of aromatic amines is 2. The van der Waals surface area contributed by atoms with E-state index in [0.29, 0.717) is 50.4 Å². The lowest BCUT2D eigenvalue weighted by Gasteiger charge is -2.35. The summed E-state index contributed by atoms with van der Waals surface area (Å²) in [4.78, 5) is 112. The summed E-state index contributed by atoms with van der Waals surface area (Å²) < 4.78 is 27.5. The Morgan fingerprint density at radius 2 is 1.14 bits per heavy atom. The number of methoxy groups -OCH3 is 3. The summed E-state index contributed by atoms with van der Waals surface area (Å²) in [6, 6.07) is 19.8. The number of imidazole rings is 2. The number of H-pyrrole nitrogens is 2. The summed E-state index contributed by atoms with van der Waals surface area (Å²) in [6.45, 7) is 13.2. The Bertz CT molecular complexity index is 4930. The van der Waals surface area contributed by atoms with Gasteiger partial charge in [0.1, 0.15) is 54.5 Å². The monoisotopic (exact) mass is 1500 g/mol. The largest absolute Gasteiger partial charge is 0.489 e. The fraction of sp³-hybridized carbons (Fsp3) is 0.500. The SMILES string of the molecule is COC(=O)N[C@H](C(=O)N1CCCC1c1ncc(-c2ccc3c(c2)COC2=CC4C5=C(C=CC4C=C23)N=C([C@@H]2C[C@@H]3CCC[C@@H]3N2C(=O)[C@@H](NC(=O)OC)C(C)C)C5)[nH]1)C(C)C.COC(=O)N[C@H](C(=O)N1[C@H](C2=Nc3ccc4cc5c(cc4c3C2)OCc2cc(-c3cnc(C4CCCC4)[nH]3)ccc2-5)C[C@@H]2CCC[C@@H]21)C(C)C. The maximum absolute atomic E-state index is 14.3. The predicted molar refractivity (Wildman–Crippen MR) is 422 cm³/mol. The first-order valence-corrected chi connectivity index (χ1v) is 40.5. The number of likely N-dealkylation sites (tertiary alicyclic amines) is 3. The Morgan fingerprint density at radius 3 is 1.76 bits per heavy atom. The summed E-state index contributed by atoms with van der Waals surface area (Å²) in [6.07, 6.45) is 27.3. The normalized spacial score (nSPS) is 25.1. The van der Waals surface area contributed by atoms with Crippen molar-refractivity contribution in [2.24, 2.45) is 51.4 Å². The fourth-order valence-corrected chi connectivity index (χ4v) is 20.4. The maximum Gasteiger partial charge on any atom is 0.407 e. The molecule has 0 bridgehead atoms. The van der Waals surface area contributed by atoms with Gasteiger partial charge in [0.15, 0.2) is 0 Å². The van der Waals surface area contributed by atoms with Gasteiger partial charge in [0.2, 0.25) is 17.7 Å². The average molecular weight is 1500 g/mol. The molecule has 23 nitrogen and oxygen atoms in total. The molecule has 3 saturated heterocycles. The third kappa shape index (κ3) is 13.6. The van der Waals surface area contributed by atoms with Gasteiger partial charge in [0.25, 0.3) is 0 Å². The average Bonchev–Trinajstić information content (AvgIpc) is 1.69. The lowest BCUT2D eigenvalue weighted by Crippen LogP contribution is -2.56. The number of aliphatic imine (C=N–C) groups is 2. The topological polar surface area (TPSA) is 276 Å². The van der Waals surface area contributed by atoms with E-state index in [-0.39, 0.29) is 77.5 Å². The molecule has 111 heavy (non-hydrogen) atoms. The molecule has 7 aliphatic heterocycles. The Hall–Kier alpha value is -10.3. The summed E-state index contributed by atoms with van der Waals surface area (Å²) in [5.74, 6) is 4.83. The van der Waals surface area contributed by atoms with Gasteiger partial charge in [-0.1, -0.05) is 110 Å². The molecule has 0 spiro atoms. The zero-order chi connectivity index (χ0) is 76.8. The van der Waals surface area contributed by atoms with Crippen LogP contribution in [0.4, 0.5) is 20.1 Å². The number of hydrogen-bond donors (Lipinski definition) is 5. The minimum absolute atomic E-state index is 0.0283. The molecule has 6 fully saturated rings. The second-order valence-electron chi connectivity index (χ2n) is 33.6. The quantitative estimate of drug-likeness (QED) is 0.0599. The molecule has 2 aromatic heterocycles. The molecule has 12 atom stereocenters. The van der Waals surface area contributed by atoms with Gasteiger partial charge in [-0.2, -0.15) is 0 Å². The van der Waals surface area contributed by atoms with Crippen LogP contribution >= 0.6 is 0 Å². The zero-order valence-electron chi connectivity index (χ0n) is 65.0. The number of allylic oxidation sites excluding steroid dienone is 6. The highest BCUT2D eigenvalue weighted by Crippen LogP contribution is 2.52. The van der Waals surface area contributed by atoms with E-state index < -0.39 is 36.4 Å². The minimum atomic E-state index is -0.694. The molecule has 18 rings (SSSR count). The van der Waals surface area contributed by atoms with Crippen LogP contribution in [0.2, 0.25) is 0 Å². The van der Waals surface area contributed by atoms with Gasteiger partial charge < -0.3 is 64.3 Å². The lowest BCUT2D eigenvalue weighted by atomic mass is 9.74. The predicted octanol–water partition coefficient (Wildman–Crippen LogP) is 15.2. The highest BCUT2D eigenvalue weighted by atomic mass is 16.5. The Labute approximate surface area is 648 Å². The second-order valence-corrected chi connectivity index (χ2v) is 33.6. The molecule has 3 saturated carbocycles. The summed E-state index contributed by atoms with van der Waals surface area (Å²) in [5, 5.41) is 10.7. The number of rotatable bonds is 15. The second kappa shape index (κ2) is 30.1. The molecule has 4 aromatic carbocycles. The van der Waals surface area contributed by atoms with Gasteiger partial charge in [0, 0.05) is 71.8 Å². The first-order valence-electron chi connectivity index (χ1n) is 40.5. The number of aromatic nitrogens is 4. The maximum atomic E-state index is 14.3. The molecule has 0 radical (unpaired) electrons.